The summed E-state index contributed by atoms with van der Waals surface area (Å²) in [7, 11) is -4.12. The number of terminal acetylenes is 1. The summed E-state index contributed by atoms with van der Waals surface area (Å²) in [5, 5.41) is 0. The summed E-state index contributed by atoms with van der Waals surface area (Å²) < 4.78 is 15.5. The zero-order valence-corrected chi connectivity index (χ0v) is 20.7. The maximum atomic E-state index is 13.3. The zero-order valence-electron chi connectivity index (χ0n) is 19.8. The predicted octanol–water partition coefficient (Wildman–Crippen LogP) is 2.63. The van der Waals surface area contributed by atoms with E-state index < -0.39 is 18.8 Å². The first-order valence-corrected chi connectivity index (χ1v) is 13.1. The number of aryl methyl sites for hydroxylation is 4. The minimum Gasteiger partial charge on any atom is -0.324 e. The van der Waals surface area contributed by atoms with Crippen molar-refractivity contribution in [1.82, 2.24) is 18.7 Å². The number of imidazole rings is 1. The van der Waals surface area contributed by atoms with E-state index in [2.05, 4.69) is 25.0 Å². The summed E-state index contributed by atoms with van der Waals surface area (Å²) in [6.07, 6.45) is 7.05. The van der Waals surface area contributed by atoms with E-state index in [4.69, 9.17) is 21.2 Å². The first kappa shape index (κ1) is 25.7. The Morgan fingerprint density at radius 1 is 1.12 bits per heavy atom. The molecule has 0 spiro atoms. The minimum atomic E-state index is -4.12. The van der Waals surface area contributed by atoms with Crippen LogP contribution < -0.4 is 11.2 Å². The topological polar surface area (TPSA) is 119 Å². The van der Waals surface area contributed by atoms with Crippen molar-refractivity contribution in [3.8, 4) is 12.3 Å². The number of unbranched alkanes of at least 4 members (excludes halogenated alkanes) is 1. The molecule has 0 unspecified atom stereocenters. The number of nitrogens with zero attached hydrogens (tertiary/aromatic N) is 4. The number of benzene rings is 1. The van der Waals surface area contributed by atoms with Crippen LogP contribution in [0.4, 0.5) is 0 Å². The van der Waals surface area contributed by atoms with Crippen LogP contribution >= 0.6 is 7.60 Å². The summed E-state index contributed by atoms with van der Waals surface area (Å²) in [6, 6.07) is 8.01. The number of hydrogen-bond acceptors (Lipinski definition) is 4. The normalized spacial score (nSPS) is 11.9. The van der Waals surface area contributed by atoms with E-state index in [0.29, 0.717) is 24.2 Å². The van der Waals surface area contributed by atoms with Gasteiger partial charge in [-0.15, -0.1) is 6.42 Å². The quantitative estimate of drug-likeness (QED) is 0.258. The molecule has 0 aliphatic rings. The van der Waals surface area contributed by atoms with Gasteiger partial charge in [-0.1, -0.05) is 30.2 Å². The molecule has 0 bridgehead atoms. The van der Waals surface area contributed by atoms with E-state index in [-0.39, 0.29) is 37.4 Å². The monoisotopic (exact) mass is 486 g/mol. The van der Waals surface area contributed by atoms with Crippen LogP contribution in [0.25, 0.3) is 11.2 Å². The average Bonchev–Trinajstić information content (AvgIpc) is 3.14. The summed E-state index contributed by atoms with van der Waals surface area (Å²) in [6.45, 7) is 5.97. The van der Waals surface area contributed by atoms with Crippen molar-refractivity contribution in [2.45, 2.75) is 65.6 Å². The third kappa shape index (κ3) is 5.58. The smallest absolute Gasteiger partial charge is 0.324 e. The lowest BCUT2D eigenvalue weighted by Crippen LogP contribution is -2.40. The third-order valence-electron chi connectivity index (χ3n) is 5.86. The van der Waals surface area contributed by atoms with Crippen LogP contribution in [0.3, 0.4) is 0 Å². The van der Waals surface area contributed by atoms with Gasteiger partial charge in [0.1, 0.15) is 5.82 Å². The molecule has 182 valence electrons. The van der Waals surface area contributed by atoms with Gasteiger partial charge in [0.25, 0.3) is 5.56 Å². The van der Waals surface area contributed by atoms with E-state index in [1.165, 1.54) is 15.7 Å². The molecular formula is C24H31N4O5P. The van der Waals surface area contributed by atoms with E-state index in [1.807, 2.05) is 30.5 Å². The highest BCUT2D eigenvalue weighted by molar-refractivity contribution is 7.51. The van der Waals surface area contributed by atoms with Gasteiger partial charge in [-0.2, -0.15) is 0 Å². The first-order chi connectivity index (χ1) is 16.0. The van der Waals surface area contributed by atoms with Crippen LogP contribution in [0.2, 0.25) is 0 Å². The molecule has 0 saturated heterocycles. The van der Waals surface area contributed by atoms with E-state index in [9.17, 15) is 14.2 Å². The van der Waals surface area contributed by atoms with Gasteiger partial charge in [0.15, 0.2) is 11.2 Å². The van der Waals surface area contributed by atoms with Crippen molar-refractivity contribution in [3.63, 3.8) is 0 Å². The molecule has 10 heteroatoms. The summed E-state index contributed by atoms with van der Waals surface area (Å²) in [5.74, 6) is 3.07. The van der Waals surface area contributed by atoms with Gasteiger partial charge in [-0.3, -0.25) is 13.9 Å². The molecule has 2 N–H and O–H groups in total. The number of rotatable bonds is 10. The van der Waals surface area contributed by atoms with Crippen LogP contribution in [0.15, 0.2) is 33.9 Å². The van der Waals surface area contributed by atoms with Crippen LogP contribution in [0.5, 0.6) is 0 Å². The number of hydrogen-bond donors (Lipinski definition) is 2. The summed E-state index contributed by atoms with van der Waals surface area (Å²) in [5.41, 5.74) is 1.92. The van der Waals surface area contributed by atoms with Crippen LogP contribution in [0.1, 0.15) is 49.7 Å². The van der Waals surface area contributed by atoms with Crippen molar-refractivity contribution < 1.29 is 14.4 Å². The number of fused-ring (bicyclic) bond motifs is 1. The van der Waals surface area contributed by atoms with E-state index in [1.54, 1.807) is 0 Å². The number of aromatic nitrogens is 4. The highest BCUT2D eigenvalue weighted by Crippen LogP contribution is 2.35. The van der Waals surface area contributed by atoms with Gasteiger partial charge in [0.2, 0.25) is 0 Å². The fraction of sp³-hybridized carbons (Fsp3) is 0.458. The van der Waals surface area contributed by atoms with Crippen molar-refractivity contribution in [3.05, 3.63) is 62.1 Å². The lowest BCUT2D eigenvalue weighted by Gasteiger charge is -2.14. The molecule has 0 amide bonds. The molecule has 1 aromatic carbocycles. The van der Waals surface area contributed by atoms with Gasteiger partial charge in [0.05, 0.1) is 6.54 Å². The average molecular weight is 487 g/mol. The van der Waals surface area contributed by atoms with Crippen LogP contribution in [-0.2, 0) is 30.5 Å². The highest BCUT2D eigenvalue weighted by atomic mass is 31.2. The van der Waals surface area contributed by atoms with Crippen molar-refractivity contribution in [2.24, 2.45) is 0 Å². The largest absolute Gasteiger partial charge is 0.333 e. The lowest BCUT2D eigenvalue weighted by molar-refractivity contribution is 0.370. The van der Waals surface area contributed by atoms with Gasteiger partial charge in [-0.05, 0) is 51.2 Å². The molecule has 0 aliphatic heterocycles. The lowest BCUT2D eigenvalue weighted by atomic mass is 10.0. The Morgan fingerprint density at radius 3 is 2.44 bits per heavy atom. The maximum absolute atomic E-state index is 13.3. The molecule has 2 heterocycles. The van der Waals surface area contributed by atoms with Crippen LogP contribution in [-0.4, -0.2) is 34.6 Å². The predicted molar refractivity (Wildman–Crippen MR) is 132 cm³/mol. The minimum absolute atomic E-state index is 0.0792. The molecule has 2 aromatic heterocycles. The SMILES string of the molecule is C#CCn1c(=O)c2c(nc(CCc3ccccc3C)n2C(C)C)n(CCCCP(=O)(O)O)c1=O. The van der Waals surface area contributed by atoms with Crippen molar-refractivity contribution in [2.75, 3.05) is 6.16 Å². The molecule has 0 aliphatic carbocycles. The second kappa shape index (κ2) is 10.6. The van der Waals surface area contributed by atoms with Crippen LogP contribution in [0, 0.1) is 19.3 Å². The van der Waals surface area contributed by atoms with Gasteiger partial charge >= 0.3 is 13.3 Å². The second-order valence-corrected chi connectivity index (χ2v) is 10.5. The molecule has 0 fully saturated rings. The first-order valence-electron chi connectivity index (χ1n) is 11.3. The fourth-order valence-electron chi connectivity index (χ4n) is 4.19. The fourth-order valence-corrected chi connectivity index (χ4v) is 4.83. The molecule has 9 nitrogen and oxygen atoms in total. The Labute approximate surface area is 198 Å². The Hall–Kier alpha value is -2.92. The third-order valence-corrected chi connectivity index (χ3v) is 6.76. The summed E-state index contributed by atoms with van der Waals surface area (Å²) in [4.78, 5) is 49.4. The second-order valence-electron chi connectivity index (χ2n) is 8.72. The highest BCUT2D eigenvalue weighted by Gasteiger charge is 2.23. The molecule has 3 rings (SSSR count). The molecule has 3 aromatic rings. The maximum Gasteiger partial charge on any atom is 0.333 e. The molecule has 0 saturated carbocycles. The standard InChI is InChI=1S/C24H31N4O5P/c1-5-14-27-23(29)21-22(26(24(27)30)15-8-9-16-34(31,32)33)25-20(28(21)17(2)3)13-12-19-11-7-6-10-18(19)4/h1,6-7,10-11,17H,8-9,12-16H2,2-4H3,(H2,31,32,33). The molecule has 34 heavy (non-hydrogen) atoms. The Kier molecular flexibility index (Phi) is 7.98. The zero-order chi connectivity index (χ0) is 25.0. The van der Waals surface area contributed by atoms with Crippen molar-refractivity contribution in [1.29, 1.82) is 0 Å². The molecule has 0 atom stereocenters. The van der Waals surface area contributed by atoms with Crippen molar-refractivity contribution >= 4 is 18.8 Å². The molecular weight excluding hydrogens is 455 g/mol. The van der Waals surface area contributed by atoms with Gasteiger partial charge in [-0.25, -0.2) is 14.3 Å². The molecule has 0 radical (unpaired) electrons. The van der Waals surface area contributed by atoms with E-state index >= 15 is 0 Å². The van der Waals surface area contributed by atoms with Gasteiger partial charge < -0.3 is 14.4 Å². The Bertz CT molecular complexity index is 1390. The Morgan fingerprint density at radius 2 is 1.82 bits per heavy atom. The Balaban J connectivity index is 2.11. The van der Waals surface area contributed by atoms with E-state index in [0.717, 1.165) is 11.0 Å². The van der Waals surface area contributed by atoms with Gasteiger partial charge in [0, 0.05) is 25.2 Å². The summed E-state index contributed by atoms with van der Waals surface area (Å²) >= 11 is 0.